The Bertz CT molecular complexity index is 356. The number of rotatable bonds is 10. The molecule has 0 amide bonds. The van der Waals surface area contributed by atoms with E-state index < -0.39 is 16.2 Å². The molecular weight excluding hydrogens is 272 g/mol. The molecule has 0 aromatic heterocycles. The Morgan fingerprint density at radius 1 is 1.37 bits per heavy atom. The molecule has 19 heavy (non-hydrogen) atoms. The van der Waals surface area contributed by atoms with Crippen LogP contribution in [0.3, 0.4) is 0 Å². The monoisotopic (exact) mass is 296 g/mol. The lowest BCUT2D eigenvalue weighted by Crippen LogP contribution is -2.40. The summed E-state index contributed by atoms with van der Waals surface area (Å²) in [5.41, 5.74) is 0. The normalized spacial score (nSPS) is 12.1. The molecule has 0 fully saturated rings. The van der Waals surface area contributed by atoms with Gasteiger partial charge >= 0.3 is 5.97 Å². The first-order valence-corrected chi connectivity index (χ1v) is 7.59. The Hall–Kier alpha value is -0.700. The Kier molecular flexibility index (Phi) is 8.90. The summed E-state index contributed by atoms with van der Waals surface area (Å²) in [5, 5.41) is 0. The SMILES string of the molecule is COC(=O)CCN(C)S(=O)(=O)NCCOCC(C)C. The Balaban J connectivity index is 3.92. The smallest absolute Gasteiger partial charge is 0.306 e. The molecule has 0 bridgehead atoms. The van der Waals surface area contributed by atoms with Crippen molar-refractivity contribution in [3.05, 3.63) is 0 Å². The van der Waals surface area contributed by atoms with Crippen LogP contribution >= 0.6 is 0 Å². The minimum Gasteiger partial charge on any atom is -0.469 e. The first kappa shape index (κ1) is 18.3. The number of hydrogen-bond acceptors (Lipinski definition) is 5. The molecule has 0 aliphatic heterocycles. The Labute approximate surface area is 115 Å². The summed E-state index contributed by atoms with van der Waals surface area (Å²) >= 11 is 0. The predicted molar refractivity (Wildman–Crippen MR) is 71.8 cm³/mol. The quantitative estimate of drug-likeness (QED) is 0.453. The maximum Gasteiger partial charge on any atom is 0.306 e. The van der Waals surface area contributed by atoms with Gasteiger partial charge in [-0.05, 0) is 5.92 Å². The minimum atomic E-state index is -3.57. The van der Waals surface area contributed by atoms with Crippen molar-refractivity contribution in [2.24, 2.45) is 5.92 Å². The van der Waals surface area contributed by atoms with Crippen molar-refractivity contribution in [3.8, 4) is 0 Å². The minimum absolute atomic E-state index is 0.0256. The molecule has 0 aromatic carbocycles. The van der Waals surface area contributed by atoms with Crippen molar-refractivity contribution in [1.82, 2.24) is 9.03 Å². The third kappa shape index (κ3) is 8.93. The molecule has 1 N–H and O–H groups in total. The van der Waals surface area contributed by atoms with Crippen molar-refractivity contribution in [3.63, 3.8) is 0 Å². The van der Waals surface area contributed by atoms with Crippen LogP contribution < -0.4 is 4.72 Å². The van der Waals surface area contributed by atoms with Crippen LogP contribution in [0, 0.1) is 5.92 Å². The van der Waals surface area contributed by atoms with Gasteiger partial charge in [-0.15, -0.1) is 0 Å². The average molecular weight is 296 g/mol. The van der Waals surface area contributed by atoms with Gasteiger partial charge in [0.25, 0.3) is 10.2 Å². The Morgan fingerprint density at radius 2 is 2.00 bits per heavy atom. The van der Waals surface area contributed by atoms with Crippen LogP contribution in [0.25, 0.3) is 0 Å². The molecule has 0 saturated carbocycles. The second-order valence-corrected chi connectivity index (χ2v) is 6.38. The lowest BCUT2D eigenvalue weighted by molar-refractivity contribution is -0.140. The zero-order valence-corrected chi connectivity index (χ0v) is 12.8. The van der Waals surface area contributed by atoms with E-state index in [4.69, 9.17) is 4.74 Å². The van der Waals surface area contributed by atoms with E-state index in [2.05, 4.69) is 9.46 Å². The number of ether oxygens (including phenoxy) is 2. The highest BCUT2D eigenvalue weighted by Gasteiger charge is 2.17. The summed E-state index contributed by atoms with van der Waals surface area (Å²) in [5.74, 6) is -0.0262. The molecule has 0 aliphatic carbocycles. The summed E-state index contributed by atoms with van der Waals surface area (Å²) in [6.45, 7) is 5.24. The zero-order valence-electron chi connectivity index (χ0n) is 12.0. The van der Waals surface area contributed by atoms with Gasteiger partial charge in [-0.3, -0.25) is 4.79 Å². The van der Waals surface area contributed by atoms with Gasteiger partial charge in [-0.2, -0.15) is 17.4 Å². The molecule has 0 aliphatic rings. The van der Waals surface area contributed by atoms with Gasteiger partial charge in [0, 0.05) is 26.7 Å². The molecule has 0 radical (unpaired) electrons. The zero-order chi connectivity index (χ0) is 14.9. The number of nitrogens with one attached hydrogen (secondary N) is 1. The number of carbonyl (C=O) groups is 1. The lowest BCUT2D eigenvalue weighted by atomic mass is 10.2. The van der Waals surface area contributed by atoms with E-state index in [0.29, 0.717) is 19.1 Å². The summed E-state index contributed by atoms with van der Waals surface area (Å²) in [4.78, 5) is 10.9. The molecule has 0 saturated heterocycles. The molecular formula is C11H24N2O5S. The number of hydrogen-bond donors (Lipinski definition) is 1. The average Bonchev–Trinajstić information content (AvgIpc) is 2.34. The van der Waals surface area contributed by atoms with Crippen molar-refractivity contribution >= 4 is 16.2 Å². The highest BCUT2D eigenvalue weighted by molar-refractivity contribution is 7.87. The van der Waals surface area contributed by atoms with Crippen molar-refractivity contribution in [2.45, 2.75) is 20.3 Å². The van der Waals surface area contributed by atoms with Crippen LogP contribution in [-0.4, -0.2) is 59.2 Å². The van der Waals surface area contributed by atoms with Crippen LogP contribution in [0.15, 0.2) is 0 Å². The molecule has 0 atom stereocenters. The van der Waals surface area contributed by atoms with E-state index in [1.807, 2.05) is 13.8 Å². The van der Waals surface area contributed by atoms with Crippen molar-refractivity contribution in [1.29, 1.82) is 0 Å². The molecule has 114 valence electrons. The van der Waals surface area contributed by atoms with E-state index in [0.717, 1.165) is 4.31 Å². The maximum absolute atomic E-state index is 11.7. The van der Waals surface area contributed by atoms with Gasteiger partial charge in [-0.25, -0.2) is 0 Å². The fourth-order valence-corrected chi connectivity index (χ4v) is 2.04. The van der Waals surface area contributed by atoms with E-state index in [9.17, 15) is 13.2 Å². The van der Waals surface area contributed by atoms with E-state index in [-0.39, 0.29) is 19.5 Å². The molecule has 0 unspecified atom stereocenters. The van der Waals surface area contributed by atoms with Crippen LogP contribution in [-0.2, 0) is 24.5 Å². The largest absolute Gasteiger partial charge is 0.469 e. The van der Waals surface area contributed by atoms with Crippen molar-refractivity contribution < 1.29 is 22.7 Å². The number of esters is 1. The summed E-state index contributed by atoms with van der Waals surface area (Å²) in [6.07, 6.45) is 0.0256. The van der Waals surface area contributed by atoms with E-state index in [1.54, 1.807) is 0 Å². The standard InChI is InChI=1S/C11H24N2O5S/c1-10(2)9-18-8-6-12-19(15,16)13(3)7-5-11(14)17-4/h10,12H,5-9H2,1-4H3. The number of nitrogens with zero attached hydrogens (tertiary/aromatic N) is 1. The second kappa shape index (κ2) is 9.24. The molecule has 0 spiro atoms. The van der Waals surface area contributed by atoms with Gasteiger partial charge in [0.05, 0.1) is 20.1 Å². The van der Waals surface area contributed by atoms with Gasteiger partial charge in [0.15, 0.2) is 0 Å². The van der Waals surface area contributed by atoms with Gasteiger partial charge in [0.2, 0.25) is 0 Å². The topological polar surface area (TPSA) is 84.9 Å². The van der Waals surface area contributed by atoms with Crippen LogP contribution in [0.2, 0.25) is 0 Å². The molecule has 8 heteroatoms. The van der Waals surface area contributed by atoms with Crippen LogP contribution in [0.4, 0.5) is 0 Å². The fraction of sp³-hybridized carbons (Fsp3) is 0.909. The third-order valence-corrected chi connectivity index (χ3v) is 3.82. The molecule has 0 aromatic rings. The first-order valence-electron chi connectivity index (χ1n) is 6.15. The summed E-state index contributed by atoms with van der Waals surface area (Å²) < 4.78 is 36.7. The molecule has 0 heterocycles. The van der Waals surface area contributed by atoms with Gasteiger partial charge < -0.3 is 9.47 Å². The summed E-state index contributed by atoms with van der Waals surface area (Å²) in [7, 11) is -0.901. The highest BCUT2D eigenvalue weighted by atomic mass is 32.2. The lowest BCUT2D eigenvalue weighted by Gasteiger charge is -2.17. The van der Waals surface area contributed by atoms with Crippen LogP contribution in [0.5, 0.6) is 0 Å². The predicted octanol–water partition coefficient (Wildman–Crippen LogP) is -0.0117. The van der Waals surface area contributed by atoms with Gasteiger partial charge in [-0.1, -0.05) is 13.8 Å². The van der Waals surface area contributed by atoms with Crippen molar-refractivity contribution in [2.75, 3.05) is 40.5 Å². The fourth-order valence-electron chi connectivity index (χ4n) is 1.14. The maximum atomic E-state index is 11.7. The van der Waals surface area contributed by atoms with E-state index >= 15 is 0 Å². The number of carbonyl (C=O) groups excluding carboxylic acids is 1. The third-order valence-electron chi connectivity index (χ3n) is 2.25. The summed E-state index contributed by atoms with van der Waals surface area (Å²) in [6, 6.07) is 0. The van der Waals surface area contributed by atoms with Crippen LogP contribution in [0.1, 0.15) is 20.3 Å². The second-order valence-electron chi connectivity index (χ2n) is 4.52. The molecule has 0 rings (SSSR count). The first-order chi connectivity index (χ1) is 8.79. The number of methoxy groups -OCH3 is 1. The highest BCUT2D eigenvalue weighted by Crippen LogP contribution is 1.97. The van der Waals surface area contributed by atoms with Gasteiger partial charge in [0.1, 0.15) is 0 Å². The Morgan fingerprint density at radius 3 is 2.53 bits per heavy atom. The van der Waals surface area contributed by atoms with E-state index in [1.165, 1.54) is 14.2 Å². The molecule has 7 nitrogen and oxygen atoms in total.